The molecule has 2 rings (SSSR count). The Labute approximate surface area is 106 Å². The van der Waals surface area contributed by atoms with Crippen LogP contribution in [0.5, 0.6) is 0 Å². The number of hydrogen-bond donors (Lipinski definition) is 1. The van der Waals surface area contributed by atoms with Gasteiger partial charge in [0.25, 0.3) is 0 Å². The first kappa shape index (κ1) is 12.6. The second-order valence-electron chi connectivity index (χ2n) is 6.52. The minimum atomic E-state index is 0.241. The zero-order valence-electron chi connectivity index (χ0n) is 11.5. The molecule has 1 aliphatic carbocycles. The zero-order chi connectivity index (χ0) is 12.5. The summed E-state index contributed by atoms with van der Waals surface area (Å²) in [7, 11) is 0. The van der Waals surface area contributed by atoms with Crippen molar-refractivity contribution in [3.63, 3.8) is 0 Å². The van der Waals surface area contributed by atoms with Crippen molar-refractivity contribution in [1.29, 1.82) is 0 Å². The maximum absolute atomic E-state index is 3.61. The highest BCUT2D eigenvalue weighted by Crippen LogP contribution is 2.51. The molecule has 1 nitrogen and oxygen atoms in total. The number of benzene rings is 1. The number of nitrogens with one attached hydrogen (secondary N) is 1. The molecule has 0 spiro atoms. The van der Waals surface area contributed by atoms with Gasteiger partial charge in [0.05, 0.1) is 0 Å². The predicted octanol–water partition coefficient (Wildman–Crippen LogP) is 3.81. The standard InChI is InChI=1S/C16H25N/c1-12(11-17-16(2,3)4)14-10-15(14)13-8-6-5-7-9-13/h5-9,12,14-15,17H,10-11H2,1-4H3. The lowest BCUT2D eigenvalue weighted by Gasteiger charge is -2.23. The molecule has 3 unspecified atom stereocenters. The van der Waals surface area contributed by atoms with E-state index >= 15 is 0 Å². The van der Waals surface area contributed by atoms with Gasteiger partial charge in [-0.3, -0.25) is 0 Å². The van der Waals surface area contributed by atoms with Crippen LogP contribution < -0.4 is 5.32 Å². The largest absolute Gasteiger partial charge is 0.312 e. The fourth-order valence-electron chi connectivity index (χ4n) is 2.55. The van der Waals surface area contributed by atoms with E-state index in [1.807, 2.05) is 0 Å². The van der Waals surface area contributed by atoms with Gasteiger partial charge in [-0.1, -0.05) is 37.3 Å². The van der Waals surface area contributed by atoms with Gasteiger partial charge in [-0.25, -0.2) is 0 Å². The lowest BCUT2D eigenvalue weighted by molar-refractivity contribution is 0.361. The predicted molar refractivity (Wildman–Crippen MR) is 74.2 cm³/mol. The number of rotatable bonds is 4. The average molecular weight is 231 g/mol. The van der Waals surface area contributed by atoms with E-state index in [-0.39, 0.29) is 5.54 Å². The maximum atomic E-state index is 3.61. The quantitative estimate of drug-likeness (QED) is 0.831. The molecular weight excluding hydrogens is 206 g/mol. The summed E-state index contributed by atoms with van der Waals surface area (Å²) in [4.78, 5) is 0. The van der Waals surface area contributed by atoms with Gasteiger partial charge in [-0.05, 0) is 57.1 Å². The van der Waals surface area contributed by atoms with E-state index < -0.39 is 0 Å². The van der Waals surface area contributed by atoms with Crippen LogP contribution in [0.4, 0.5) is 0 Å². The maximum Gasteiger partial charge on any atom is 0.00966 e. The summed E-state index contributed by atoms with van der Waals surface area (Å²) in [5.74, 6) is 2.47. The first-order valence-corrected chi connectivity index (χ1v) is 6.77. The molecule has 0 heterocycles. The minimum Gasteiger partial charge on any atom is -0.312 e. The topological polar surface area (TPSA) is 12.0 Å². The van der Waals surface area contributed by atoms with E-state index in [9.17, 15) is 0 Å². The second kappa shape index (κ2) is 4.81. The Morgan fingerprint density at radius 3 is 2.47 bits per heavy atom. The van der Waals surface area contributed by atoms with Crippen molar-refractivity contribution in [2.75, 3.05) is 6.54 Å². The normalized spacial score (nSPS) is 25.6. The van der Waals surface area contributed by atoms with Crippen LogP contribution in [0.15, 0.2) is 30.3 Å². The third-order valence-electron chi connectivity index (χ3n) is 3.75. The van der Waals surface area contributed by atoms with Crippen molar-refractivity contribution < 1.29 is 0 Å². The summed E-state index contributed by atoms with van der Waals surface area (Å²) in [5, 5.41) is 3.61. The molecule has 0 bridgehead atoms. The lowest BCUT2D eigenvalue weighted by Crippen LogP contribution is -2.39. The Balaban J connectivity index is 1.83. The van der Waals surface area contributed by atoms with Crippen LogP contribution in [-0.2, 0) is 0 Å². The molecule has 0 radical (unpaired) electrons. The summed E-state index contributed by atoms with van der Waals surface area (Å²) < 4.78 is 0. The Bertz CT molecular complexity index is 350. The molecule has 0 aliphatic heterocycles. The van der Waals surface area contributed by atoms with Crippen LogP contribution in [0.3, 0.4) is 0 Å². The molecule has 1 fully saturated rings. The van der Waals surface area contributed by atoms with E-state index in [1.165, 1.54) is 12.0 Å². The highest BCUT2D eigenvalue weighted by Gasteiger charge is 2.41. The van der Waals surface area contributed by atoms with Crippen molar-refractivity contribution in [3.8, 4) is 0 Å². The smallest absolute Gasteiger partial charge is 0.00966 e. The fourth-order valence-corrected chi connectivity index (χ4v) is 2.55. The fraction of sp³-hybridized carbons (Fsp3) is 0.625. The molecule has 1 saturated carbocycles. The van der Waals surface area contributed by atoms with Gasteiger partial charge >= 0.3 is 0 Å². The van der Waals surface area contributed by atoms with E-state index in [2.05, 4.69) is 63.3 Å². The Morgan fingerprint density at radius 1 is 1.24 bits per heavy atom. The third kappa shape index (κ3) is 3.57. The molecule has 94 valence electrons. The SMILES string of the molecule is CC(CNC(C)(C)C)C1CC1c1ccccc1. The lowest BCUT2D eigenvalue weighted by atomic mass is 9.99. The molecule has 0 saturated heterocycles. The van der Waals surface area contributed by atoms with Gasteiger partial charge in [0.15, 0.2) is 0 Å². The first-order valence-electron chi connectivity index (χ1n) is 6.77. The van der Waals surface area contributed by atoms with Crippen LogP contribution in [-0.4, -0.2) is 12.1 Å². The van der Waals surface area contributed by atoms with Crippen LogP contribution in [0.1, 0.15) is 45.6 Å². The van der Waals surface area contributed by atoms with E-state index in [0.29, 0.717) is 0 Å². The summed E-state index contributed by atoms with van der Waals surface area (Å²) in [6.45, 7) is 10.2. The second-order valence-corrected chi connectivity index (χ2v) is 6.52. The highest BCUT2D eigenvalue weighted by atomic mass is 14.9. The molecule has 1 heteroatoms. The summed E-state index contributed by atoms with van der Waals surface area (Å²) in [6.07, 6.45) is 1.37. The molecule has 1 aliphatic rings. The minimum absolute atomic E-state index is 0.241. The van der Waals surface area contributed by atoms with Crippen molar-refractivity contribution in [2.45, 2.75) is 45.6 Å². The summed E-state index contributed by atoms with van der Waals surface area (Å²) in [6, 6.07) is 11.0. The van der Waals surface area contributed by atoms with Crippen molar-refractivity contribution in [1.82, 2.24) is 5.32 Å². The van der Waals surface area contributed by atoms with Crippen molar-refractivity contribution in [3.05, 3.63) is 35.9 Å². The van der Waals surface area contributed by atoms with Crippen LogP contribution in [0, 0.1) is 11.8 Å². The Kier molecular flexibility index (Phi) is 3.58. The average Bonchev–Trinajstić information content (AvgIpc) is 3.06. The highest BCUT2D eigenvalue weighted by molar-refractivity contribution is 5.25. The first-order chi connectivity index (χ1) is 7.97. The molecular formula is C16H25N. The zero-order valence-corrected chi connectivity index (χ0v) is 11.5. The van der Waals surface area contributed by atoms with Crippen LogP contribution in [0.2, 0.25) is 0 Å². The number of hydrogen-bond acceptors (Lipinski definition) is 1. The summed E-state index contributed by atoms with van der Waals surface area (Å²) in [5.41, 5.74) is 1.77. The Morgan fingerprint density at radius 2 is 1.88 bits per heavy atom. The molecule has 1 N–H and O–H groups in total. The van der Waals surface area contributed by atoms with Crippen LogP contribution >= 0.6 is 0 Å². The van der Waals surface area contributed by atoms with Gasteiger partial charge in [0.2, 0.25) is 0 Å². The third-order valence-corrected chi connectivity index (χ3v) is 3.75. The summed E-state index contributed by atoms with van der Waals surface area (Å²) >= 11 is 0. The van der Waals surface area contributed by atoms with Gasteiger partial charge < -0.3 is 5.32 Å². The molecule has 17 heavy (non-hydrogen) atoms. The molecule has 1 aromatic rings. The van der Waals surface area contributed by atoms with Gasteiger partial charge in [-0.15, -0.1) is 0 Å². The molecule has 0 aromatic heterocycles. The van der Waals surface area contributed by atoms with Crippen LogP contribution in [0.25, 0.3) is 0 Å². The van der Waals surface area contributed by atoms with Gasteiger partial charge in [0.1, 0.15) is 0 Å². The monoisotopic (exact) mass is 231 g/mol. The molecule has 3 atom stereocenters. The van der Waals surface area contributed by atoms with Crippen molar-refractivity contribution >= 4 is 0 Å². The van der Waals surface area contributed by atoms with E-state index in [0.717, 1.165) is 24.3 Å². The van der Waals surface area contributed by atoms with E-state index in [1.54, 1.807) is 0 Å². The van der Waals surface area contributed by atoms with Crippen molar-refractivity contribution in [2.24, 2.45) is 11.8 Å². The Hall–Kier alpha value is -0.820. The molecule has 1 aromatic carbocycles. The van der Waals surface area contributed by atoms with Gasteiger partial charge in [0, 0.05) is 5.54 Å². The van der Waals surface area contributed by atoms with Gasteiger partial charge in [-0.2, -0.15) is 0 Å². The van der Waals surface area contributed by atoms with E-state index in [4.69, 9.17) is 0 Å². The molecule has 0 amide bonds.